The quantitative estimate of drug-likeness (QED) is 0.717. The molecule has 0 saturated heterocycles. The fourth-order valence-corrected chi connectivity index (χ4v) is 3.28. The second-order valence-electron chi connectivity index (χ2n) is 5.57. The summed E-state index contributed by atoms with van der Waals surface area (Å²) in [5, 5.41) is 31.1. The molecule has 2 aromatic carbocycles. The van der Waals surface area contributed by atoms with Crippen LogP contribution in [0.1, 0.15) is 23.8 Å². The first-order chi connectivity index (χ1) is 11.1. The monoisotopic (exact) mass is 307 g/mol. The topological polar surface area (TPSA) is 91.2 Å². The first-order valence-electron chi connectivity index (χ1n) is 7.28. The molecule has 0 bridgehead atoms. The summed E-state index contributed by atoms with van der Waals surface area (Å²) < 4.78 is 2.59. The summed E-state index contributed by atoms with van der Waals surface area (Å²) in [7, 11) is 0. The molecule has 23 heavy (non-hydrogen) atoms. The Morgan fingerprint density at radius 3 is 2.61 bits per heavy atom. The molecule has 1 aliphatic rings. The molecule has 1 aliphatic heterocycles. The number of hydrogen-bond acceptors (Lipinski definition) is 4. The van der Waals surface area contributed by atoms with E-state index in [1.807, 2.05) is 12.1 Å². The predicted molar refractivity (Wildman–Crippen MR) is 83.5 cm³/mol. The molecule has 2 heterocycles. The van der Waals surface area contributed by atoms with Gasteiger partial charge in [-0.3, -0.25) is 4.57 Å². The lowest BCUT2D eigenvalue weighted by atomic mass is 10.0. The molecule has 1 aromatic heterocycles. The van der Waals surface area contributed by atoms with Crippen molar-refractivity contribution in [3.63, 3.8) is 0 Å². The van der Waals surface area contributed by atoms with Gasteiger partial charge in [-0.1, -0.05) is 24.3 Å². The van der Waals surface area contributed by atoms with E-state index < -0.39 is 6.10 Å². The number of fused-ring (bicyclic) bond motifs is 2. The predicted octanol–water partition coefficient (Wildman–Crippen LogP) is 1.81. The number of imidazole rings is 1. The Hall–Kier alpha value is -3.04. The normalized spacial score (nSPS) is 16.4. The molecule has 1 atom stereocenters. The zero-order chi connectivity index (χ0) is 16.1. The molecule has 0 saturated carbocycles. The Bertz CT molecular complexity index is 1040. The van der Waals surface area contributed by atoms with Crippen LogP contribution in [0.5, 0.6) is 5.88 Å². The molecular weight excluding hydrogens is 294 g/mol. The Morgan fingerprint density at radius 2 is 1.91 bits per heavy atom. The van der Waals surface area contributed by atoms with Crippen LogP contribution in [0.15, 0.2) is 41.2 Å². The van der Waals surface area contributed by atoms with E-state index in [9.17, 15) is 20.3 Å². The van der Waals surface area contributed by atoms with Crippen molar-refractivity contribution in [1.29, 1.82) is 5.26 Å². The number of nitrogens with zero attached hydrogens (tertiary/aromatic N) is 3. The van der Waals surface area contributed by atoms with Crippen molar-refractivity contribution in [1.82, 2.24) is 9.13 Å². The molecule has 0 unspecified atom stereocenters. The maximum absolute atomic E-state index is 12.6. The van der Waals surface area contributed by atoms with Crippen molar-refractivity contribution >= 4 is 10.8 Å². The number of benzene rings is 2. The summed E-state index contributed by atoms with van der Waals surface area (Å²) in [4.78, 5) is 12.6. The lowest BCUT2D eigenvalue weighted by molar-refractivity contribution is 0.175. The molecular formula is C17H13N3O3. The third-order valence-electron chi connectivity index (χ3n) is 4.36. The minimum atomic E-state index is -0.839. The first kappa shape index (κ1) is 13.6. The van der Waals surface area contributed by atoms with Gasteiger partial charge >= 0.3 is 5.69 Å². The number of nitriles is 1. The molecule has 2 N–H and O–H groups in total. The van der Waals surface area contributed by atoms with E-state index in [1.54, 1.807) is 24.3 Å². The van der Waals surface area contributed by atoms with Gasteiger partial charge in [-0.15, -0.1) is 0 Å². The van der Waals surface area contributed by atoms with Crippen LogP contribution in [0.25, 0.3) is 16.5 Å². The van der Waals surface area contributed by atoms with Crippen molar-refractivity contribution in [3.8, 4) is 17.6 Å². The van der Waals surface area contributed by atoms with Crippen molar-refractivity contribution in [2.45, 2.75) is 19.1 Å². The summed E-state index contributed by atoms with van der Waals surface area (Å²) in [5.41, 5.74) is 0.868. The highest BCUT2D eigenvalue weighted by Gasteiger charge is 2.31. The van der Waals surface area contributed by atoms with E-state index in [0.29, 0.717) is 35.0 Å². The highest BCUT2D eigenvalue weighted by atomic mass is 16.3. The highest BCUT2D eigenvalue weighted by Crippen LogP contribution is 2.35. The minimum absolute atomic E-state index is 0.241. The third-order valence-corrected chi connectivity index (χ3v) is 4.36. The van der Waals surface area contributed by atoms with Crippen LogP contribution in [0.4, 0.5) is 0 Å². The first-order valence-corrected chi connectivity index (χ1v) is 7.28. The molecule has 4 rings (SSSR count). The van der Waals surface area contributed by atoms with E-state index in [4.69, 9.17) is 0 Å². The second kappa shape index (κ2) is 4.73. The van der Waals surface area contributed by atoms with E-state index in [2.05, 4.69) is 6.07 Å². The minimum Gasteiger partial charge on any atom is -0.493 e. The van der Waals surface area contributed by atoms with E-state index in [-0.39, 0.29) is 17.3 Å². The Morgan fingerprint density at radius 1 is 1.17 bits per heavy atom. The third kappa shape index (κ3) is 1.74. The van der Waals surface area contributed by atoms with Crippen LogP contribution < -0.4 is 5.69 Å². The van der Waals surface area contributed by atoms with Crippen LogP contribution in [0.3, 0.4) is 0 Å². The Kier molecular flexibility index (Phi) is 2.80. The van der Waals surface area contributed by atoms with Crippen molar-refractivity contribution in [2.24, 2.45) is 0 Å². The van der Waals surface area contributed by atoms with Gasteiger partial charge in [0.05, 0.1) is 17.3 Å². The number of rotatable bonds is 1. The Labute approximate surface area is 131 Å². The van der Waals surface area contributed by atoms with Gasteiger partial charge in [0.2, 0.25) is 5.88 Å². The zero-order valence-electron chi connectivity index (χ0n) is 12.1. The van der Waals surface area contributed by atoms with Gasteiger partial charge < -0.3 is 10.2 Å². The average Bonchev–Trinajstić information content (AvgIpc) is 3.07. The van der Waals surface area contributed by atoms with Gasteiger partial charge in [0.25, 0.3) is 0 Å². The molecule has 0 spiro atoms. The summed E-state index contributed by atoms with van der Waals surface area (Å²) in [5.74, 6) is -0.241. The van der Waals surface area contributed by atoms with Crippen LogP contribution in [-0.4, -0.2) is 19.3 Å². The number of aromatic nitrogens is 2. The van der Waals surface area contributed by atoms with Gasteiger partial charge in [-0.05, 0) is 18.6 Å². The number of aliphatic hydroxyl groups is 1. The van der Waals surface area contributed by atoms with Crippen LogP contribution in [0.2, 0.25) is 0 Å². The molecule has 0 amide bonds. The summed E-state index contributed by atoms with van der Waals surface area (Å²) in [6, 6.07) is 12.6. The zero-order valence-corrected chi connectivity index (χ0v) is 12.1. The largest absolute Gasteiger partial charge is 0.493 e. The lowest BCUT2D eigenvalue weighted by Crippen LogP contribution is -2.22. The molecule has 114 valence electrons. The summed E-state index contributed by atoms with van der Waals surface area (Å²) in [6.45, 7) is 0.379. The number of aliphatic hydroxyl groups excluding tert-OH is 1. The highest BCUT2D eigenvalue weighted by molar-refractivity contribution is 5.94. The maximum Gasteiger partial charge on any atom is 0.336 e. The van der Waals surface area contributed by atoms with Crippen LogP contribution >= 0.6 is 0 Å². The fourth-order valence-electron chi connectivity index (χ4n) is 3.28. The number of hydrogen-bond donors (Lipinski definition) is 2. The van der Waals surface area contributed by atoms with Gasteiger partial charge in [0.1, 0.15) is 11.8 Å². The van der Waals surface area contributed by atoms with E-state index in [1.165, 1.54) is 9.13 Å². The molecule has 0 radical (unpaired) electrons. The second-order valence-corrected chi connectivity index (χ2v) is 5.57. The van der Waals surface area contributed by atoms with Gasteiger partial charge in [0, 0.05) is 17.3 Å². The van der Waals surface area contributed by atoms with E-state index >= 15 is 0 Å². The maximum atomic E-state index is 12.6. The number of aromatic hydroxyl groups is 1. The van der Waals surface area contributed by atoms with E-state index in [0.717, 1.165) is 0 Å². The van der Waals surface area contributed by atoms with Crippen molar-refractivity contribution < 1.29 is 10.2 Å². The van der Waals surface area contributed by atoms with Gasteiger partial charge in [-0.2, -0.15) is 5.26 Å². The molecule has 3 aromatic rings. The van der Waals surface area contributed by atoms with Crippen LogP contribution in [-0.2, 0) is 6.54 Å². The lowest BCUT2D eigenvalue weighted by Gasteiger charge is -2.10. The van der Waals surface area contributed by atoms with Crippen molar-refractivity contribution in [3.05, 3.63) is 58.1 Å². The average molecular weight is 307 g/mol. The Balaban J connectivity index is 2.09. The van der Waals surface area contributed by atoms with Crippen molar-refractivity contribution in [2.75, 3.05) is 0 Å². The van der Waals surface area contributed by atoms with Gasteiger partial charge in [0.15, 0.2) is 0 Å². The van der Waals surface area contributed by atoms with Gasteiger partial charge in [-0.25, -0.2) is 9.36 Å². The smallest absolute Gasteiger partial charge is 0.336 e. The molecule has 0 aliphatic carbocycles. The fraction of sp³-hybridized carbons (Fsp3) is 0.176. The standard InChI is InChI=1S/C17H13N3O3/c18-9-10-5-6-13(12-4-2-1-3-11(10)12)20-16(22)15-14(21)7-8-19(15)17(20)23/h1-6,14,21-22H,7-8H2/t14-/m0/s1. The molecule has 6 nitrogen and oxygen atoms in total. The van der Waals surface area contributed by atoms with Crippen LogP contribution in [0, 0.1) is 11.3 Å². The molecule has 6 heteroatoms. The summed E-state index contributed by atoms with van der Waals surface area (Å²) >= 11 is 0. The SMILES string of the molecule is N#Cc1ccc(-n2c(O)c3n(c2=O)CC[C@@H]3O)c2ccccc12. The molecule has 0 fully saturated rings. The summed E-state index contributed by atoms with van der Waals surface area (Å²) in [6.07, 6.45) is -0.416.